The first-order chi connectivity index (χ1) is 7.58. The van der Waals surface area contributed by atoms with Crippen LogP contribution in [0.25, 0.3) is 0 Å². The molecule has 88 valence electrons. The Hall–Kier alpha value is -0.860. The van der Waals surface area contributed by atoms with Gasteiger partial charge in [0.05, 0.1) is 12.2 Å². The van der Waals surface area contributed by atoms with Gasteiger partial charge in [0.2, 0.25) is 0 Å². The molecule has 0 aliphatic carbocycles. The third-order valence-electron chi connectivity index (χ3n) is 3.28. The lowest BCUT2D eigenvalue weighted by Crippen LogP contribution is -2.48. The van der Waals surface area contributed by atoms with Crippen LogP contribution in [0.2, 0.25) is 0 Å². The van der Waals surface area contributed by atoms with Crippen LogP contribution in [-0.2, 0) is 4.74 Å². The van der Waals surface area contributed by atoms with E-state index in [9.17, 15) is 0 Å². The Balaban J connectivity index is 2.08. The van der Waals surface area contributed by atoms with Crippen LogP contribution in [0.5, 0.6) is 0 Å². The minimum atomic E-state index is -0.0126. The highest BCUT2D eigenvalue weighted by molar-refractivity contribution is 5.18. The lowest BCUT2D eigenvalue weighted by atomic mass is 10.0. The van der Waals surface area contributed by atoms with Gasteiger partial charge >= 0.3 is 0 Å². The first-order valence-corrected chi connectivity index (χ1v) is 6.01. The van der Waals surface area contributed by atoms with Gasteiger partial charge in [0.15, 0.2) is 0 Å². The van der Waals surface area contributed by atoms with Crippen molar-refractivity contribution in [2.45, 2.75) is 32.4 Å². The normalized spacial score (nSPS) is 22.9. The maximum atomic E-state index is 5.74. The number of rotatable bonds is 2. The van der Waals surface area contributed by atoms with E-state index in [0.29, 0.717) is 6.04 Å². The molecule has 0 bridgehead atoms. The van der Waals surface area contributed by atoms with Crippen LogP contribution >= 0.6 is 0 Å². The monoisotopic (exact) mass is 219 g/mol. The molecule has 2 nitrogen and oxygen atoms in total. The Kier molecular flexibility index (Phi) is 3.31. The standard InChI is InChI=1S/C14H21NO/c1-12(13-7-5-4-6-8-13)15-9-10-16-14(2,3)11-15/h4-8,12H,9-11H2,1-3H3. The molecule has 0 N–H and O–H groups in total. The largest absolute Gasteiger partial charge is 0.373 e. The summed E-state index contributed by atoms with van der Waals surface area (Å²) in [6, 6.07) is 11.2. The molecule has 0 aromatic heterocycles. The topological polar surface area (TPSA) is 12.5 Å². The second-order valence-electron chi connectivity index (χ2n) is 5.17. The van der Waals surface area contributed by atoms with Gasteiger partial charge in [-0.25, -0.2) is 0 Å². The van der Waals surface area contributed by atoms with E-state index >= 15 is 0 Å². The SMILES string of the molecule is CC(c1ccccc1)N1CCOC(C)(C)C1. The zero-order valence-electron chi connectivity index (χ0n) is 10.4. The second kappa shape index (κ2) is 4.56. The lowest BCUT2D eigenvalue weighted by Gasteiger charge is -2.41. The van der Waals surface area contributed by atoms with Crippen molar-refractivity contribution in [3.05, 3.63) is 35.9 Å². The Labute approximate surface area is 98.2 Å². The third kappa shape index (κ3) is 2.63. The van der Waals surface area contributed by atoms with Gasteiger partial charge in [0, 0.05) is 19.1 Å². The number of benzene rings is 1. The fourth-order valence-corrected chi connectivity index (χ4v) is 2.33. The van der Waals surface area contributed by atoms with E-state index in [-0.39, 0.29) is 5.60 Å². The van der Waals surface area contributed by atoms with Crippen LogP contribution in [-0.4, -0.2) is 30.2 Å². The van der Waals surface area contributed by atoms with Gasteiger partial charge in [-0.05, 0) is 26.3 Å². The van der Waals surface area contributed by atoms with Crippen molar-refractivity contribution >= 4 is 0 Å². The van der Waals surface area contributed by atoms with Gasteiger partial charge in [-0.15, -0.1) is 0 Å². The first-order valence-electron chi connectivity index (χ1n) is 6.01. The zero-order valence-corrected chi connectivity index (χ0v) is 10.4. The summed E-state index contributed by atoms with van der Waals surface area (Å²) in [7, 11) is 0. The summed E-state index contributed by atoms with van der Waals surface area (Å²) in [6.45, 7) is 9.47. The molecule has 1 saturated heterocycles. The van der Waals surface area contributed by atoms with Crippen molar-refractivity contribution in [2.75, 3.05) is 19.7 Å². The molecule has 0 amide bonds. The summed E-state index contributed by atoms with van der Waals surface area (Å²) in [5.41, 5.74) is 1.38. The van der Waals surface area contributed by atoms with Crippen molar-refractivity contribution in [2.24, 2.45) is 0 Å². The molecule has 1 fully saturated rings. The van der Waals surface area contributed by atoms with Crippen LogP contribution in [0.1, 0.15) is 32.4 Å². The highest BCUT2D eigenvalue weighted by Crippen LogP contribution is 2.25. The lowest BCUT2D eigenvalue weighted by molar-refractivity contribution is -0.0958. The molecule has 1 atom stereocenters. The van der Waals surface area contributed by atoms with Crippen molar-refractivity contribution in [1.29, 1.82) is 0 Å². The molecule has 1 aromatic carbocycles. The molecule has 2 rings (SSSR count). The van der Waals surface area contributed by atoms with Crippen molar-refractivity contribution in [3.8, 4) is 0 Å². The van der Waals surface area contributed by atoms with Crippen LogP contribution in [0.3, 0.4) is 0 Å². The average Bonchev–Trinajstić information content (AvgIpc) is 2.28. The maximum Gasteiger partial charge on any atom is 0.0753 e. The Bertz CT molecular complexity index is 334. The minimum absolute atomic E-state index is 0.0126. The van der Waals surface area contributed by atoms with Gasteiger partial charge < -0.3 is 4.74 Å². The van der Waals surface area contributed by atoms with E-state index in [1.807, 2.05) is 0 Å². The van der Waals surface area contributed by atoms with Gasteiger partial charge in [0.1, 0.15) is 0 Å². The van der Waals surface area contributed by atoms with Gasteiger partial charge in [-0.3, -0.25) is 4.90 Å². The molecule has 1 aliphatic rings. The summed E-state index contributed by atoms with van der Waals surface area (Å²) in [6.07, 6.45) is 0. The average molecular weight is 219 g/mol. The second-order valence-corrected chi connectivity index (χ2v) is 5.17. The summed E-state index contributed by atoms with van der Waals surface area (Å²) < 4.78 is 5.74. The minimum Gasteiger partial charge on any atom is -0.373 e. The zero-order chi connectivity index (χ0) is 11.6. The molecular formula is C14H21NO. The van der Waals surface area contributed by atoms with Crippen LogP contribution in [0, 0.1) is 0 Å². The number of hydrogen-bond acceptors (Lipinski definition) is 2. The summed E-state index contributed by atoms with van der Waals surface area (Å²) in [4.78, 5) is 2.50. The van der Waals surface area contributed by atoms with Gasteiger partial charge in [-0.1, -0.05) is 30.3 Å². The molecule has 1 heterocycles. The smallest absolute Gasteiger partial charge is 0.0753 e. The van der Waals surface area contributed by atoms with Crippen LogP contribution < -0.4 is 0 Å². The quantitative estimate of drug-likeness (QED) is 0.758. The van der Waals surface area contributed by atoms with Gasteiger partial charge in [0.25, 0.3) is 0 Å². The van der Waals surface area contributed by atoms with E-state index in [1.165, 1.54) is 5.56 Å². The summed E-state index contributed by atoms with van der Waals surface area (Å²) in [5, 5.41) is 0. The fourth-order valence-electron chi connectivity index (χ4n) is 2.33. The van der Waals surface area contributed by atoms with E-state index in [2.05, 4.69) is 56.0 Å². The van der Waals surface area contributed by atoms with Gasteiger partial charge in [-0.2, -0.15) is 0 Å². The Morgan fingerprint density at radius 2 is 1.94 bits per heavy atom. The molecule has 0 saturated carbocycles. The van der Waals surface area contributed by atoms with Crippen molar-refractivity contribution in [1.82, 2.24) is 4.90 Å². The number of nitrogens with zero attached hydrogens (tertiary/aromatic N) is 1. The first kappa shape index (κ1) is 11.6. The molecule has 1 aromatic rings. The molecule has 1 aliphatic heterocycles. The van der Waals surface area contributed by atoms with Crippen molar-refractivity contribution in [3.63, 3.8) is 0 Å². The molecule has 0 spiro atoms. The summed E-state index contributed by atoms with van der Waals surface area (Å²) in [5.74, 6) is 0. The highest BCUT2D eigenvalue weighted by Gasteiger charge is 2.29. The maximum absolute atomic E-state index is 5.74. The van der Waals surface area contributed by atoms with E-state index in [0.717, 1.165) is 19.7 Å². The molecule has 0 radical (unpaired) electrons. The number of morpholine rings is 1. The predicted molar refractivity (Wildman–Crippen MR) is 66.5 cm³/mol. The molecule has 1 unspecified atom stereocenters. The molecule has 16 heavy (non-hydrogen) atoms. The molecular weight excluding hydrogens is 198 g/mol. The summed E-state index contributed by atoms with van der Waals surface area (Å²) >= 11 is 0. The van der Waals surface area contributed by atoms with E-state index in [4.69, 9.17) is 4.74 Å². The number of hydrogen-bond donors (Lipinski definition) is 0. The number of ether oxygens (including phenoxy) is 1. The van der Waals surface area contributed by atoms with E-state index in [1.54, 1.807) is 0 Å². The van der Waals surface area contributed by atoms with Crippen LogP contribution in [0.15, 0.2) is 30.3 Å². The Morgan fingerprint density at radius 1 is 1.25 bits per heavy atom. The fraction of sp³-hybridized carbons (Fsp3) is 0.571. The predicted octanol–water partition coefficient (Wildman–Crippen LogP) is 2.86. The van der Waals surface area contributed by atoms with Crippen molar-refractivity contribution < 1.29 is 4.74 Å². The highest BCUT2D eigenvalue weighted by atomic mass is 16.5. The molecule has 2 heteroatoms. The third-order valence-corrected chi connectivity index (χ3v) is 3.28. The van der Waals surface area contributed by atoms with E-state index < -0.39 is 0 Å². The Morgan fingerprint density at radius 3 is 2.56 bits per heavy atom. The van der Waals surface area contributed by atoms with Crippen LogP contribution in [0.4, 0.5) is 0 Å².